The van der Waals surface area contributed by atoms with Crippen molar-refractivity contribution in [3.05, 3.63) is 60.7 Å². The summed E-state index contributed by atoms with van der Waals surface area (Å²) in [6.07, 6.45) is 0.709. The van der Waals surface area contributed by atoms with E-state index in [2.05, 4.69) is 27.0 Å². The zero-order chi connectivity index (χ0) is 18.4. The molecule has 0 saturated carbocycles. The summed E-state index contributed by atoms with van der Waals surface area (Å²) in [4.78, 5) is 12.6. The predicted molar refractivity (Wildman–Crippen MR) is 106 cm³/mol. The molecule has 134 valence electrons. The molecule has 3 aromatic rings. The van der Waals surface area contributed by atoms with Gasteiger partial charge in [0.15, 0.2) is 11.0 Å². The van der Waals surface area contributed by atoms with Crippen molar-refractivity contribution in [2.75, 3.05) is 5.32 Å². The van der Waals surface area contributed by atoms with Gasteiger partial charge >= 0.3 is 0 Å². The molecule has 0 spiro atoms. The van der Waals surface area contributed by atoms with Gasteiger partial charge in [0.1, 0.15) is 0 Å². The molecule has 1 N–H and O–H groups in total. The van der Waals surface area contributed by atoms with Crippen LogP contribution in [0.4, 0.5) is 5.69 Å². The SMILES string of the molecule is CC[C@H](Sc1nnc(-c2ccccc2)n1CC)C(=O)Nc1ccccc1. The highest BCUT2D eigenvalue weighted by Crippen LogP contribution is 2.28. The average molecular weight is 366 g/mol. The van der Waals surface area contributed by atoms with Crippen LogP contribution in [0, 0.1) is 0 Å². The quantitative estimate of drug-likeness (QED) is 0.627. The zero-order valence-electron chi connectivity index (χ0n) is 14.9. The molecule has 0 aliphatic heterocycles. The van der Waals surface area contributed by atoms with Gasteiger partial charge in [-0.05, 0) is 25.5 Å². The van der Waals surface area contributed by atoms with Gasteiger partial charge in [0.2, 0.25) is 5.91 Å². The molecule has 0 bridgehead atoms. The Morgan fingerprint density at radius 1 is 1.04 bits per heavy atom. The van der Waals surface area contributed by atoms with Gasteiger partial charge in [-0.1, -0.05) is 67.2 Å². The Bertz CT molecular complexity index is 849. The number of nitrogens with zero attached hydrogens (tertiary/aromatic N) is 3. The Hall–Kier alpha value is -2.60. The van der Waals surface area contributed by atoms with Gasteiger partial charge < -0.3 is 9.88 Å². The van der Waals surface area contributed by atoms with E-state index in [0.717, 1.165) is 28.8 Å². The monoisotopic (exact) mass is 366 g/mol. The molecule has 0 aliphatic rings. The number of carbonyl (C=O) groups excluding carboxylic acids is 1. The third-order valence-electron chi connectivity index (χ3n) is 4.02. The predicted octanol–water partition coefficient (Wildman–Crippen LogP) is 4.47. The largest absolute Gasteiger partial charge is 0.325 e. The van der Waals surface area contributed by atoms with Crippen molar-refractivity contribution in [3.8, 4) is 11.4 Å². The van der Waals surface area contributed by atoms with Crippen LogP contribution in [0.2, 0.25) is 0 Å². The summed E-state index contributed by atoms with van der Waals surface area (Å²) in [5.74, 6) is 0.810. The van der Waals surface area contributed by atoms with Crippen molar-refractivity contribution >= 4 is 23.4 Å². The van der Waals surface area contributed by atoms with Gasteiger partial charge in [0.25, 0.3) is 0 Å². The second-order valence-electron chi connectivity index (χ2n) is 5.79. The highest BCUT2D eigenvalue weighted by atomic mass is 32.2. The van der Waals surface area contributed by atoms with E-state index < -0.39 is 0 Å². The Morgan fingerprint density at radius 2 is 1.69 bits per heavy atom. The van der Waals surface area contributed by atoms with Gasteiger partial charge in [-0.15, -0.1) is 10.2 Å². The topological polar surface area (TPSA) is 59.8 Å². The lowest BCUT2D eigenvalue weighted by Gasteiger charge is -2.15. The average Bonchev–Trinajstić information content (AvgIpc) is 3.10. The number of hydrogen-bond acceptors (Lipinski definition) is 4. The molecule has 1 heterocycles. The van der Waals surface area contributed by atoms with E-state index in [1.54, 1.807) is 0 Å². The van der Waals surface area contributed by atoms with E-state index in [1.165, 1.54) is 11.8 Å². The molecule has 6 heteroatoms. The number of amides is 1. The molecular formula is C20H22N4OS. The van der Waals surface area contributed by atoms with Crippen LogP contribution >= 0.6 is 11.8 Å². The van der Waals surface area contributed by atoms with E-state index >= 15 is 0 Å². The Morgan fingerprint density at radius 3 is 2.31 bits per heavy atom. The highest BCUT2D eigenvalue weighted by Gasteiger charge is 2.22. The second kappa shape index (κ2) is 8.67. The number of benzene rings is 2. The van der Waals surface area contributed by atoms with Crippen molar-refractivity contribution in [2.45, 2.75) is 37.2 Å². The Labute approximate surface area is 157 Å². The molecule has 26 heavy (non-hydrogen) atoms. The minimum absolute atomic E-state index is 0.0179. The van der Waals surface area contributed by atoms with Gasteiger partial charge in [0, 0.05) is 17.8 Å². The third kappa shape index (κ3) is 4.14. The number of aromatic nitrogens is 3. The maximum Gasteiger partial charge on any atom is 0.237 e. The van der Waals surface area contributed by atoms with Crippen molar-refractivity contribution in [1.29, 1.82) is 0 Å². The van der Waals surface area contributed by atoms with E-state index in [0.29, 0.717) is 6.42 Å². The minimum atomic E-state index is -0.228. The van der Waals surface area contributed by atoms with Crippen molar-refractivity contribution in [3.63, 3.8) is 0 Å². The number of hydrogen-bond donors (Lipinski definition) is 1. The number of nitrogens with one attached hydrogen (secondary N) is 1. The van der Waals surface area contributed by atoms with Crippen LogP contribution in [0.15, 0.2) is 65.8 Å². The molecule has 1 atom stereocenters. The van der Waals surface area contributed by atoms with Crippen molar-refractivity contribution < 1.29 is 4.79 Å². The van der Waals surface area contributed by atoms with E-state index in [4.69, 9.17) is 0 Å². The first-order valence-electron chi connectivity index (χ1n) is 8.74. The fourth-order valence-corrected chi connectivity index (χ4v) is 3.67. The normalized spacial score (nSPS) is 11.9. The van der Waals surface area contributed by atoms with Crippen LogP contribution in [0.5, 0.6) is 0 Å². The van der Waals surface area contributed by atoms with Crippen molar-refractivity contribution in [2.24, 2.45) is 0 Å². The number of carbonyl (C=O) groups is 1. The summed E-state index contributed by atoms with van der Waals surface area (Å²) in [5.41, 5.74) is 1.83. The first-order chi connectivity index (χ1) is 12.7. The molecule has 0 fully saturated rings. The molecule has 1 amide bonds. The van der Waals surface area contributed by atoms with Crippen LogP contribution in [0.1, 0.15) is 20.3 Å². The van der Waals surface area contributed by atoms with Gasteiger partial charge in [-0.25, -0.2) is 0 Å². The third-order valence-corrected chi connectivity index (χ3v) is 5.36. The molecular weight excluding hydrogens is 344 g/mol. The number of thioether (sulfide) groups is 1. The molecule has 0 aliphatic carbocycles. The molecule has 2 aromatic carbocycles. The lowest BCUT2D eigenvalue weighted by molar-refractivity contribution is -0.115. The maximum absolute atomic E-state index is 12.6. The zero-order valence-corrected chi connectivity index (χ0v) is 15.7. The van der Waals surface area contributed by atoms with Crippen LogP contribution < -0.4 is 5.32 Å². The summed E-state index contributed by atoms with van der Waals surface area (Å²) < 4.78 is 2.05. The van der Waals surface area contributed by atoms with Crippen LogP contribution in [-0.2, 0) is 11.3 Å². The molecule has 0 saturated heterocycles. The summed E-state index contributed by atoms with van der Waals surface area (Å²) in [5, 5.41) is 12.2. The van der Waals surface area contributed by atoms with Crippen LogP contribution in [-0.4, -0.2) is 25.9 Å². The maximum atomic E-state index is 12.6. The van der Waals surface area contributed by atoms with Gasteiger partial charge in [-0.2, -0.15) is 0 Å². The summed E-state index contributed by atoms with van der Waals surface area (Å²) in [6, 6.07) is 19.5. The fourth-order valence-electron chi connectivity index (χ4n) is 2.66. The summed E-state index contributed by atoms with van der Waals surface area (Å²) >= 11 is 1.46. The van der Waals surface area contributed by atoms with Crippen molar-refractivity contribution in [1.82, 2.24) is 14.8 Å². The van der Waals surface area contributed by atoms with E-state index in [-0.39, 0.29) is 11.2 Å². The number of anilines is 1. The van der Waals surface area contributed by atoms with E-state index in [1.807, 2.05) is 67.6 Å². The second-order valence-corrected chi connectivity index (χ2v) is 6.96. The number of para-hydroxylation sites is 1. The smallest absolute Gasteiger partial charge is 0.237 e. The molecule has 5 nitrogen and oxygen atoms in total. The lowest BCUT2D eigenvalue weighted by atomic mass is 10.2. The minimum Gasteiger partial charge on any atom is -0.325 e. The standard InChI is InChI=1S/C20H22N4OS/c1-3-17(19(25)21-16-13-9-6-10-14-16)26-20-23-22-18(24(20)4-2)15-11-7-5-8-12-15/h5-14,17H,3-4H2,1-2H3,(H,21,25)/t17-/m0/s1. The molecule has 0 unspecified atom stereocenters. The van der Waals surface area contributed by atoms with E-state index in [9.17, 15) is 4.79 Å². The first-order valence-corrected chi connectivity index (χ1v) is 9.62. The summed E-state index contributed by atoms with van der Waals surface area (Å²) in [7, 11) is 0. The Balaban J connectivity index is 1.78. The first kappa shape index (κ1) is 18.2. The number of rotatable bonds is 7. The van der Waals surface area contributed by atoms with Gasteiger partial charge in [-0.3, -0.25) is 4.79 Å². The van der Waals surface area contributed by atoms with Crippen LogP contribution in [0.25, 0.3) is 11.4 Å². The van der Waals surface area contributed by atoms with Gasteiger partial charge in [0.05, 0.1) is 5.25 Å². The highest BCUT2D eigenvalue weighted by molar-refractivity contribution is 8.00. The summed E-state index contributed by atoms with van der Waals surface area (Å²) in [6.45, 7) is 4.81. The lowest BCUT2D eigenvalue weighted by Crippen LogP contribution is -2.25. The fraction of sp³-hybridized carbons (Fsp3) is 0.250. The van der Waals surface area contributed by atoms with Crippen LogP contribution in [0.3, 0.4) is 0 Å². The molecule has 1 aromatic heterocycles. The molecule has 3 rings (SSSR count). The Kier molecular flexibility index (Phi) is 6.07. The molecule has 0 radical (unpaired) electrons.